The highest BCUT2D eigenvalue weighted by atomic mass is 32.1. The highest BCUT2D eigenvalue weighted by Gasteiger charge is 2.11. The molecule has 22 heavy (non-hydrogen) atoms. The largest absolute Gasteiger partial charge is 0.421 e. The summed E-state index contributed by atoms with van der Waals surface area (Å²) in [5.41, 5.74) is 1.32. The van der Waals surface area contributed by atoms with Gasteiger partial charge in [-0.1, -0.05) is 18.2 Å². The van der Waals surface area contributed by atoms with Gasteiger partial charge in [0.2, 0.25) is 0 Å². The molecule has 0 aliphatic heterocycles. The van der Waals surface area contributed by atoms with Gasteiger partial charge < -0.3 is 4.42 Å². The number of rotatable bonds is 2. The van der Waals surface area contributed by atoms with Gasteiger partial charge in [0.15, 0.2) is 5.76 Å². The summed E-state index contributed by atoms with van der Waals surface area (Å²) in [4.78, 5) is 20.6. The van der Waals surface area contributed by atoms with E-state index in [2.05, 4.69) is 9.97 Å². The summed E-state index contributed by atoms with van der Waals surface area (Å²) in [7, 11) is 0. The zero-order valence-electron chi connectivity index (χ0n) is 11.4. The van der Waals surface area contributed by atoms with Gasteiger partial charge in [-0.05, 0) is 29.7 Å². The summed E-state index contributed by atoms with van der Waals surface area (Å²) in [6.07, 6.45) is 3.46. The Morgan fingerprint density at radius 2 is 1.86 bits per heavy atom. The van der Waals surface area contributed by atoms with Crippen molar-refractivity contribution >= 4 is 22.1 Å². The van der Waals surface area contributed by atoms with E-state index < -0.39 is 0 Å². The molecule has 3 aromatic heterocycles. The molecule has 0 fully saturated rings. The molecule has 4 aromatic rings. The van der Waals surface area contributed by atoms with Gasteiger partial charge in [0, 0.05) is 23.3 Å². The maximum absolute atomic E-state index is 12.1. The molecule has 3 heterocycles. The van der Waals surface area contributed by atoms with Crippen LogP contribution in [0.1, 0.15) is 0 Å². The molecule has 0 amide bonds. The molecule has 0 saturated heterocycles. The van der Waals surface area contributed by atoms with Crippen molar-refractivity contribution in [3.63, 3.8) is 0 Å². The normalized spacial score (nSPS) is 10.9. The Labute approximate surface area is 129 Å². The summed E-state index contributed by atoms with van der Waals surface area (Å²) in [5.74, 6) is 0.486. The molecule has 0 atom stereocenters. The molecular weight excluding hydrogens is 296 g/mol. The number of fused-ring (bicyclic) bond motifs is 1. The van der Waals surface area contributed by atoms with E-state index in [4.69, 9.17) is 4.42 Å². The lowest BCUT2D eigenvalue weighted by molar-refractivity contribution is 0.533. The number of hydrogen-bond acceptors (Lipinski definition) is 5. The van der Waals surface area contributed by atoms with Crippen LogP contribution in [0.4, 0.5) is 0 Å². The fraction of sp³-hybridized carbons (Fsp3) is 0. The van der Waals surface area contributed by atoms with E-state index in [1.165, 1.54) is 11.3 Å². The summed E-state index contributed by atoms with van der Waals surface area (Å²) < 4.78 is 5.40. The predicted molar refractivity (Wildman–Crippen MR) is 86.8 cm³/mol. The van der Waals surface area contributed by atoms with Crippen molar-refractivity contribution in [3.8, 4) is 22.0 Å². The van der Waals surface area contributed by atoms with Crippen molar-refractivity contribution in [3.05, 3.63) is 70.7 Å². The Bertz CT molecular complexity index is 1010. The molecule has 0 bridgehead atoms. The van der Waals surface area contributed by atoms with E-state index in [-0.39, 0.29) is 5.63 Å². The van der Waals surface area contributed by atoms with Crippen LogP contribution in [-0.2, 0) is 0 Å². The van der Waals surface area contributed by atoms with Gasteiger partial charge in [-0.3, -0.25) is 4.98 Å². The molecule has 106 valence electrons. The first-order valence-corrected chi connectivity index (χ1v) is 7.58. The topological polar surface area (TPSA) is 56.0 Å². The third-order valence-electron chi connectivity index (χ3n) is 3.35. The van der Waals surface area contributed by atoms with E-state index in [1.807, 2.05) is 41.8 Å². The van der Waals surface area contributed by atoms with Gasteiger partial charge in [-0.2, -0.15) is 0 Å². The Morgan fingerprint density at radius 3 is 2.73 bits per heavy atom. The number of nitrogens with zero attached hydrogens (tertiary/aromatic N) is 2. The average Bonchev–Trinajstić information content (AvgIpc) is 3.06. The number of benzene rings is 1. The molecule has 0 aliphatic rings. The van der Waals surface area contributed by atoms with E-state index in [9.17, 15) is 4.79 Å². The van der Waals surface area contributed by atoms with Crippen LogP contribution in [0.25, 0.3) is 32.8 Å². The fourth-order valence-electron chi connectivity index (χ4n) is 2.27. The van der Waals surface area contributed by atoms with E-state index in [0.717, 1.165) is 16.0 Å². The number of pyridine rings is 1. The molecule has 0 unspecified atom stereocenters. The minimum atomic E-state index is -0.341. The Morgan fingerprint density at radius 1 is 1.05 bits per heavy atom. The number of hydrogen-bond donors (Lipinski definition) is 0. The maximum atomic E-state index is 12.1. The van der Waals surface area contributed by atoms with Crippen molar-refractivity contribution in [1.82, 2.24) is 9.97 Å². The Balaban J connectivity index is 1.83. The lowest BCUT2D eigenvalue weighted by atomic mass is 10.1. The molecular formula is C17H10N2O2S. The van der Waals surface area contributed by atoms with Gasteiger partial charge in [-0.25, -0.2) is 9.78 Å². The molecule has 0 radical (unpaired) electrons. The number of aromatic nitrogens is 2. The second-order valence-corrected chi connectivity index (χ2v) is 5.62. The summed E-state index contributed by atoms with van der Waals surface area (Å²) in [6, 6.07) is 13.0. The molecule has 4 nitrogen and oxygen atoms in total. The van der Waals surface area contributed by atoms with Crippen LogP contribution in [0.5, 0.6) is 0 Å². The smallest absolute Gasteiger partial charge is 0.344 e. The highest BCUT2D eigenvalue weighted by molar-refractivity contribution is 7.13. The molecule has 0 N–H and O–H groups in total. The second-order valence-electron chi connectivity index (χ2n) is 4.76. The summed E-state index contributed by atoms with van der Waals surface area (Å²) >= 11 is 1.51. The van der Waals surface area contributed by atoms with Crippen molar-refractivity contribution < 1.29 is 4.42 Å². The second kappa shape index (κ2) is 5.20. The molecule has 4 rings (SSSR count). The van der Waals surface area contributed by atoms with Gasteiger partial charge in [0.05, 0.1) is 5.39 Å². The molecule has 0 saturated carbocycles. The van der Waals surface area contributed by atoms with Gasteiger partial charge in [-0.15, -0.1) is 11.3 Å². The third kappa shape index (κ3) is 2.21. The minimum absolute atomic E-state index is 0.341. The summed E-state index contributed by atoms with van der Waals surface area (Å²) in [5, 5.41) is 4.19. The van der Waals surface area contributed by atoms with Gasteiger partial charge >= 0.3 is 5.63 Å². The van der Waals surface area contributed by atoms with Gasteiger partial charge in [0.25, 0.3) is 0 Å². The predicted octanol–water partition coefficient (Wildman–Crippen LogP) is 3.98. The van der Waals surface area contributed by atoms with Crippen LogP contribution in [-0.4, -0.2) is 9.97 Å². The quantitative estimate of drug-likeness (QED) is 0.562. The zero-order chi connectivity index (χ0) is 14.9. The number of thiazole rings is 1. The van der Waals surface area contributed by atoms with Gasteiger partial charge in [0.1, 0.15) is 10.7 Å². The first kappa shape index (κ1) is 12.9. The molecule has 0 aliphatic carbocycles. The Hall–Kier alpha value is -2.79. The van der Waals surface area contributed by atoms with Crippen LogP contribution < -0.4 is 5.63 Å². The highest BCUT2D eigenvalue weighted by Crippen LogP contribution is 2.29. The molecule has 0 spiro atoms. The lowest BCUT2D eigenvalue weighted by Gasteiger charge is -1.99. The van der Waals surface area contributed by atoms with Crippen LogP contribution in [0, 0.1) is 0 Å². The van der Waals surface area contributed by atoms with Crippen molar-refractivity contribution in [2.45, 2.75) is 0 Å². The fourth-order valence-corrected chi connectivity index (χ4v) is 3.09. The third-order valence-corrected chi connectivity index (χ3v) is 4.25. The van der Waals surface area contributed by atoms with Crippen LogP contribution >= 0.6 is 11.3 Å². The van der Waals surface area contributed by atoms with Crippen molar-refractivity contribution in [2.24, 2.45) is 0 Å². The van der Waals surface area contributed by atoms with Crippen molar-refractivity contribution in [1.29, 1.82) is 0 Å². The average molecular weight is 306 g/mol. The molecule has 1 aromatic carbocycles. The Kier molecular flexibility index (Phi) is 3.05. The van der Waals surface area contributed by atoms with E-state index >= 15 is 0 Å². The van der Waals surface area contributed by atoms with Crippen LogP contribution in [0.2, 0.25) is 0 Å². The maximum Gasteiger partial charge on any atom is 0.344 e. The van der Waals surface area contributed by atoms with Crippen molar-refractivity contribution in [2.75, 3.05) is 0 Å². The van der Waals surface area contributed by atoms with Crippen LogP contribution in [0.15, 0.2) is 69.5 Å². The van der Waals surface area contributed by atoms with E-state index in [0.29, 0.717) is 16.8 Å². The zero-order valence-corrected chi connectivity index (χ0v) is 12.2. The standard InChI is InChI=1S/C17H10N2O2S/c20-17-13-4-2-1-3-12(13)9-15(21-17)14-10-22-16(19-14)11-5-7-18-8-6-11/h1-10H. The summed E-state index contributed by atoms with van der Waals surface area (Å²) in [6.45, 7) is 0. The minimum Gasteiger partial charge on any atom is -0.421 e. The lowest BCUT2D eigenvalue weighted by Crippen LogP contribution is -1.99. The SMILES string of the molecule is O=c1oc(-c2csc(-c3ccncc3)n2)cc2ccccc12. The van der Waals surface area contributed by atoms with Crippen LogP contribution in [0.3, 0.4) is 0 Å². The molecule has 5 heteroatoms. The first-order chi connectivity index (χ1) is 10.8. The monoisotopic (exact) mass is 306 g/mol. The van der Waals surface area contributed by atoms with E-state index in [1.54, 1.807) is 18.5 Å². The first-order valence-electron chi connectivity index (χ1n) is 6.70.